The lowest BCUT2D eigenvalue weighted by molar-refractivity contribution is 0.209. The molecule has 1 unspecified atom stereocenters. The summed E-state index contributed by atoms with van der Waals surface area (Å²) in [5, 5.41) is 6.88. The number of aliphatic imine (C=N–C) groups is 1. The number of aromatic nitrogens is 1. The van der Waals surface area contributed by atoms with Crippen molar-refractivity contribution in [3.8, 4) is 5.75 Å². The molecule has 1 N–H and O–H groups in total. The number of piperazine rings is 1. The number of hydrogen-bond donors (Lipinski definition) is 1. The number of halogens is 1. The molecule has 0 saturated carbocycles. The first-order chi connectivity index (χ1) is 14.4. The summed E-state index contributed by atoms with van der Waals surface area (Å²) in [4.78, 5) is 6.25. The van der Waals surface area contributed by atoms with Crippen LogP contribution in [0.1, 0.15) is 12.6 Å². The summed E-state index contributed by atoms with van der Waals surface area (Å²) < 4.78 is 50.6. The first-order valence-electron chi connectivity index (χ1n) is 9.63. The van der Waals surface area contributed by atoms with Crippen LogP contribution in [0.15, 0.2) is 46.1 Å². The minimum absolute atomic E-state index is 0.179. The Balaban J connectivity index is 1.48. The van der Waals surface area contributed by atoms with Crippen molar-refractivity contribution in [3.63, 3.8) is 0 Å². The summed E-state index contributed by atoms with van der Waals surface area (Å²) in [5.74, 6) is 0.262. The van der Waals surface area contributed by atoms with Crippen LogP contribution in [0.2, 0.25) is 0 Å². The molecule has 1 saturated heterocycles. The highest BCUT2D eigenvalue weighted by molar-refractivity contribution is 7.88. The molecule has 3 rings (SSSR count). The number of para-hydroxylation sites is 1. The topological polar surface area (TPSA) is 100 Å². The van der Waals surface area contributed by atoms with Gasteiger partial charge in [-0.15, -0.1) is 0 Å². The Morgan fingerprint density at radius 3 is 2.67 bits per heavy atom. The van der Waals surface area contributed by atoms with E-state index in [1.807, 2.05) is 11.8 Å². The quantitative estimate of drug-likeness (QED) is 0.513. The average Bonchev–Trinajstić information content (AvgIpc) is 3.23. The fraction of sp³-hybridized carbons (Fsp3) is 0.474. The Labute approximate surface area is 175 Å². The molecule has 2 aromatic rings. The molecule has 1 aromatic carbocycles. The number of nitrogens with one attached hydrogen (secondary N) is 1. The normalized spacial score (nSPS) is 17.0. The van der Waals surface area contributed by atoms with Gasteiger partial charge in [-0.3, -0.25) is 4.99 Å². The van der Waals surface area contributed by atoms with E-state index in [0.29, 0.717) is 44.4 Å². The Morgan fingerprint density at radius 2 is 2.03 bits per heavy atom. The van der Waals surface area contributed by atoms with Crippen molar-refractivity contribution in [2.45, 2.75) is 18.8 Å². The number of benzene rings is 1. The Hall–Kier alpha value is -2.66. The number of rotatable bonds is 7. The predicted octanol–water partition coefficient (Wildman–Crippen LogP) is 1.30. The first-order valence-corrected chi connectivity index (χ1v) is 11.2. The molecule has 164 valence electrons. The van der Waals surface area contributed by atoms with Gasteiger partial charge in [0, 0.05) is 39.3 Å². The highest BCUT2D eigenvalue weighted by atomic mass is 32.2. The molecule has 0 aliphatic carbocycles. The van der Waals surface area contributed by atoms with Crippen molar-refractivity contribution >= 4 is 16.0 Å². The van der Waals surface area contributed by atoms with Crippen LogP contribution in [-0.2, 0) is 15.8 Å². The molecule has 2 heterocycles. The fourth-order valence-electron chi connectivity index (χ4n) is 3.13. The van der Waals surface area contributed by atoms with E-state index >= 15 is 0 Å². The third-order valence-corrected chi connectivity index (χ3v) is 6.49. The van der Waals surface area contributed by atoms with Gasteiger partial charge in [0.2, 0.25) is 10.0 Å². The van der Waals surface area contributed by atoms with Gasteiger partial charge < -0.3 is 19.5 Å². The summed E-state index contributed by atoms with van der Waals surface area (Å²) in [5.41, 5.74) is 0.388. The maximum absolute atomic E-state index is 13.7. The van der Waals surface area contributed by atoms with E-state index in [2.05, 4.69) is 15.5 Å². The van der Waals surface area contributed by atoms with E-state index in [0.717, 1.165) is 0 Å². The molecule has 11 heteroatoms. The maximum atomic E-state index is 13.7. The third-order valence-electron chi connectivity index (χ3n) is 4.68. The second-order valence-electron chi connectivity index (χ2n) is 6.92. The zero-order valence-electron chi connectivity index (χ0n) is 17.0. The maximum Gasteiger partial charge on any atom is 0.220 e. The van der Waals surface area contributed by atoms with Crippen molar-refractivity contribution < 1.29 is 22.1 Å². The SMILES string of the molecule is CN=C(NCC(C)Oc1ccccc1F)N1CCN(S(=O)(=O)Cc2ccon2)CC1. The van der Waals surface area contributed by atoms with Crippen LogP contribution in [0.3, 0.4) is 0 Å². The van der Waals surface area contributed by atoms with E-state index in [9.17, 15) is 12.8 Å². The van der Waals surface area contributed by atoms with E-state index in [1.54, 1.807) is 31.3 Å². The highest BCUT2D eigenvalue weighted by Gasteiger charge is 2.29. The second kappa shape index (κ2) is 9.90. The Bertz CT molecular complexity index is 944. The monoisotopic (exact) mass is 439 g/mol. The summed E-state index contributed by atoms with van der Waals surface area (Å²) in [6, 6.07) is 7.81. The van der Waals surface area contributed by atoms with Crippen molar-refractivity contribution in [2.75, 3.05) is 39.8 Å². The third kappa shape index (κ3) is 5.70. The van der Waals surface area contributed by atoms with Crippen LogP contribution in [0.5, 0.6) is 5.75 Å². The van der Waals surface area contributed by atoms with Gasteiger partial charge in [0.05, 0.1) is 12.2 Å². The summed E-state index contributed by atoms with van der Waals surface area (Å²) >= 11 is 0. The molecular formula is C19H26FN5O4S. The van der Waals surface area contributed by atoms with Crippen molar-refractivity contribution in [1.29, 1.82) is 0 Å². The van der Waals surface area contributed by atoms with Crippen LogP contribution < -0.4 is 10.1 Å². The van der Waals surface area contributed by atoms with Gasteiger partial charge in [-0.25, -0.2) is 12.8 Å². The van der Waals surface area contributed by atoms with E-state index in [-0.39, 0.29) is 17.6 Å². The van der Waals surface area contributed by atoms with Gasteiger partial charge in [0.1, 0.15) is 18.1 Å². The molecule has 0 bridgehead atoms. The molecule has 0 spiro atoms. The van der Waals surface area contributed by atoms with Crippen LogP contribution in [0.25, 0.3) is 0 Å². The van der Waals surface area contributed by atoms with Gasteiger partial charge in [0.15, 0.2) is 17.5 Å². The summed E-state index contributed by atoms with van der Waals surface area (Å²) in [7, 11) is -1.79. The van der Waals surface area contributed by atoms with E-state index in [1.165, 1.54) is 16.6 Å². The smallest absolute Gasteiger partial charge is 0.220 e. The molecule has 9 nitrogen and oxygen atoms in total. The van der Waals surface area contributed by atoms with Crippen molar-refractivity contribution in [2.24, 2.45) is 4.99 Å². The molecular weight excluding hydrogens is 413 g/mol. The molecule has 1 aliphatic rings. The van der Waals surface area contributed by atoms with Gasteiger partial charge in [0.25, 0.3) is 0 Å². The van der Waals surface area contributed by atoms with Crippen LogP contribution in [0.4, 0.5) is 4.39 Å². The predicted molar refractivity (Wildman–Crippen MR) is 110 cm³/mol. The zero-order valence-corrected chi connectivity index (χ0v) is 17.8. The number of sulfonamides is 1. The number of nitrogens with zero attached hydrogens (tertiary/aromatic N) is 4. The molecule has 0 amide bonds. The molecule has 1 aromatic heterocycles. The van der Waals surface area contributed by atoms with Crippen molar-refractivity contribution in [1.82, 2.24) is 19.7 Å². The highest BCUT2D eigenvalue weighted by Crippen LogP contribution is 2.17. The average molecular weight is 440 g/mol. The summed E-state index contributed by atoms with van der Waals surface area (Å²) in [6.07, 6.45) is 1.07. The molecule has 1 fully saturated rings. The number of guanidine groups is 1. The number of hydrogen-bond acceptors (Lipinski definition) is 6. The first kappa shape index (κ1) is 22.0. The molecule has 30 heavy (non-hydrogen) atoms. The van der Waals surface area contributed by atoms with Crippen LogP contribution in [0, 0.1) is 5.82 Å². The fourth-order valence-corrected chi connectivity index (χ4v) is 4.56. The van der Waals surface area contributed by atoms with Gasteiger partial charge in [-0.05, 0) is 19.1 Å². The minimum Gasteiger partial charge on any atom is -0.486 e. The molecule has 1 atom stereocenters. The van der Waals surface area contributed by atoms with Crippen LogP contribution >= 0.6 is 0 Å². The lowest BCUT2D eigenvalue weighted by atomic mass is 10.3. The van der Waals surface area contributed by atoms with Crippen LogP contribution in [-0.4, -0.2) is 74.6 Å². The van der Waals surface area contributed by atoms with Gasteiger partial charge in [-0.2, -0.15) is 4.31 Å². The van der Waals surface area contributed by atoms with Gasteiger partial charge >= 0.3 is 0 Å². The number of ether oxygens (including phenoxy) is 1. The molecule has 1 aliphatic heterocycles. The van der Waals surface area contributed by atoms with E-state index in [4.69, 9.17) is 9.26 Å². The lowest BCUT2D eigenvalue weighted by Crippen LogP contribution is -2.54. The largest absolute Gasteiger partial charge is 0.486 e. The lowest BCUT2D eigenvalue weighted by Gasteiger charge is -2.36. The van der Waals surface area contributed by atoms with Gasteiger partial charge in [-0.1, -0.05) is 17.3 Å². The standard InChI is InChI=1S/C19H26FN5O4S/c1-15(29-18-6-4-3-5-17(18)20)13-22-19(21-2)24-8-10-25(11-9-24)30(26,27)14-16-7-12-28-23-16/h3-7,12,15H,8-11,13-14H2,1-2H3,(H,21,22). The minimum atomic E-state index is -3.46. The zero-order chi connectivity index (χ0) is 21.6. The Morgan fingerprint density at radius 1 is 1.30 bits per heavy atom. The molecule has 0 radical (unpaired) electrons. The second-order valence-corrected chi connectivity index (χ2v) is 8.89. The van der Waals surface area contributed by atoms with E-state index < -0.39 is 15.8 Å². The summed E-state index contributed by atoms with van der Waals surface area (Å²) in [6.45, 7) is 3.96. The Kier molecular flexibility index (Phi) is 7.27. The van der Waals surface area contributed by atoms with Crippen molar-refractivity contribution in [3.05, 3.63) is 48.1 Å².